The van der Waals surface area contributed by atoms with Gasteiger partial charge in [0.05, 0.1) is 23.7 Å². The van der Waals surface area contributed by atoms with Gasteiger partial charge in [0.1, 0.15) is 0 Å². The molecule has 24 heavy (non-hydrogen) atoms. The van der Waals surface area contributed by atoms with Gasteiger partial charge in [0.25, 0.3) is 0 Å². The Bertz CT molecular complexity index is 508. The lowest BCUT2D eigenvalue weighted by molar-refractivity contribution is 0.123. The average molecular weight is 475 g/mol. The zero-order chi connectivity index (χ0) is 17.7. The fourth-order valence-electron chi connectivity index (χ4n) is 2.74. The molecule has 1 aliphatic heterocycles. The van der Waals surface area contributed by atoms with Crippen molar-refractivity contribution in [3.63, 3.8) is 0 Å². The molecule has 0 aromatic carbocycles. The van der Waals surface area contributed by atoms with E-state index >= 15 is 0 Å². The Morgan fingerprint density at radius 2 is 1.88 bits per heavy atom. The maximum atomic E-state index is 12.2. The van der Waals surface area contributed by atoms with Crippen molar-refractivity contribution in [3.8, 4) is 0 Å². The molecule has 0 bridgehead atoms. The summed E-state index contributed by atoms with van der Waals surface area (Å²) in [6.07, 6.45) is 1.73. The summed E-state index contributed by atoms with van der Waals surface area (Å²) in [6, 6.07) is 0. The third-order valence-electron chi connectivity index (χ3n) is 5.08. The number of sulfone groups is 1. The van der Waals surface area contributed by atoms with Gasteiger partial charge in [-0.3, -0.25) is 4.99 Å². The number of aliphatic imine (C=N–C) groups is 1. The third kappa shape index (κ3) is 5.45. The van der Waals surface area contributed by atoms with Crippen molar-refractivity contribution in [2.75, 3.05) is 38.5 Å². The fraction of sp³-hybridized carbons (Fsp3) is 0.938. The SMILES string of the molecule is CCNC(=NCC(CC)(CC)CO)N1CCS(=O)(=O)C(C)(C)C1.I. The van der Waals surface area contributed by atoms with Gasteiger partial charge in [-0.25, -0.2) is 8.42 Å². The summed E-state index contributed by atoms with van der Waals surface area (Å²) in [6.45, 7) is 12.0. The molecule has 0 atom stereocenters. The molecule has 0 aliphatic carbocycles. The number of aliphatic hydroxyl groups excluding tert-OH is 1. The topological polar surface area (TPSA) is 82.0 Å². The van der Waals surface area contributed by atoms with E-state index < -0.39 is 14.6 Å². The molecule has 0 aromatic rings. The van der Waals surface area contributed by atoms with E-state index in [1.165, 1.54) is 0 Å². The molecule has 1 fully saturated rings. The molecular weight excluding hydrogens is 441 g/mol. The highest BCUT2D eigenvalue weighted by Crippen LogP contribution is 2.27. The normalized spacial score (nSPS) is 20.4. The molecule has 1 aliphatic rings. The lowest BCUT2D eigenvalue weighted by atomic mass is 9.83. The largest absolute Gasteiger partial charge is 0.396 e. The second-order valence-corrected chi connectivity index (χ2v) is 9.78. The summed E-state index contributed by atoms with van der Waals surface area (Å²) < 4.78 is 23.6. The van der Waals surface area contributed by atoms with E-state index in [0.717, 1.165) is 25.3 Å². The molecule has 1 saturated heterocycles. The Morgan fingerprint density at radius 1 is 1.29 bits per heavy atom. The van der Waals surface area contributed by atoms with Crippen LogP contribution < -0.4 is 5.32 Å². The zero-order valence-electron chi connectivity index (χ0n) is 15.6. The van der Waals surface area contributed by atoms with Crippen LogP contribution in [0.25, 0.3) is 0 Å². The fourth-order valence-corrected chi connectivity index (χ4v) is 4.11. The smallest absolute Gasteiger partial charge is 0.194 e. The van der Waals surface area contributed by atoms with Crippen LogP contribution in [0.15, 0.2) is 4.99 Å². The average Bonchev–Trinajstić information content (AvgIpc) is 2.51. The zero-order valence-corrected chi connectivity index (χ0v) is 18.8. The molecular formula is C16H34IN3O3S. The third-order valence-corrected chi connectivity index (χ3v) is 7.61. The van der Waals surface area contributed by atoms with Crippen molar-refractivity contribution in [1.82, 2.24) is 10.2 Å². The van der Waals surface area contributed by atoms with Crippen LogP contribution in [0.5, 0.6) is 0 Å². The van der Waals surface area contributed by atoms with Crippen LogP contribution in [0.3, 0.4) is 0 Å². The van der Waals surface area contributed by atoms with E-state index in [1.807, 2.05) is 11.8 Å². The minimum Gasteiger partial charge on any atom is -0.396 e. The number of guanidine groups is 1. The minimum atomic E-state index is -3.06. The first kappa shape index (κ1) is 23.9. The van der Waals surface area contributed by atoms with E-state index in [0.29, 0.717) is 19.6 Å². The van der Waals surface area contributed by atoms with Crippen LogP contribution in [0.1, 0.15) is 47.5 Å². The van der Waals surface area contributed by atoms with Crippen molar-refractivity contribution in [1.29, 1.82) is 0 Å². The van der Waals surface area contributed by atoms with Gasteiger partial charge in [0.2, 0.25) is 0 Å². The summed E-state index contributed by atoms with van der Waals surface area (Å²) >= 11 is 0. The highest BCUT2D eigenvalue weighted by molar-refractivity contribution is 14.0. The van der Waals surface area contributed by atoms with Crippen LogP contribution >= 0.6 is 24.0 Å². The Kier molecular flexibility index (Phi) is 9.53. The minimum absolute atomic E-state index is 0. The van der Waals surface area contributed by atoms with E-state index in [2.05, 4.69) is 19.2 Å². The summed E-state index contributed by atoms with van der Waals surface area (Å²) in [5, 5.41) is 13.0. The molecule has 8 heteroatoms. The molecule has 1 rings (SSSR count). The van der Waals surface area contributed by atoms with Crippen LogP contribution in [-0.4, -0.2) is 67.7 Å². The van der Waals surface area contributed by atoms with Gasteiger partial charge < -0.3 is 15.3 Å². The van der Waals surface area contributed by atoms with E-state index in [1.54, 1.807) is 13.8 Å². The van der Waals surface area contributed by atoms with Gasteiger partial charge in [-0.15, -0.1) is 24.0 Å². The molecule has 6 nitrogen and oxygen atoms in total. The molecule has 0 aromatic heterocycles. The Balaban J connectivity index is 0.00000529. The molecule has 0 radical (unpaired) electrons. The van der Waals surface area contributed by atoms with Crippen molar-refractivity contribution in [3.05, 3.63) is 0 Å². The first-order valence-electron chi connectivity index (χ1n) is 8.53. The summed E-state index contributed by atoms with van der Waals surface area (Å²) in [7, 11) is -3.06. The Labute approximate surface area is 164 Å². The molecule has 0 saturated carbocycles. The van der Waals surface area contributed by atoms with Crippen LogP contribution in [0.4, 0.5) is 0 Å². The number of rotatable bonds is 6. The molecule has 1 heterocycles. The predicted octanol–water partition coefficient (Wildman–Crippen LogP) is 1.88. The molecule has 0 amide bonds. The standard InChI is InChI=1S/C16H33N3O3S.HI/c1-6-16(7-2,13-20)11-18-14(17-8-3)19-9-10-23(21,22)15(4,5)12-19;/h20H,6-13H2,1-5H3,(H,17,18);1H. The monoisotopic (exact) mass is 475 g/mol. The highest BCUT2D eigenvalue weighted by atomic mass is 127. The molecule has 144 valence electrons. The summed E-state index contributed by atoms with van der Waals surface area (Å²) in [5.41, 5.74) is -0.196. The number of nitrogens with one attached hydrogen (secondary N) is 1. The van der Waals surface area contributed by atoms with E-state index in [-0.39, 0.29) is 41.8 Å². The van der Waals surface area contributed by atoms with E-state index in [4.69, 9.17) is 4.99 Å². The van der Waals surface area contributed by atoms with Gasteiger partial charge >= 0.3 is 0 Å². The first-order chi connectivity index (χ1) is 10.7. The molecule has 0 spiro atoms. The highest BCUT2D eigenvalue weighted by Gasteiger charge is 2.41. The number of aliphatic hydroxyl groups is 1. The molecule has 0 unspecified atom stereocenters. The van der Waals surface area contributed by atoms with Crippen molar-refractivity contribution >= 4 is 39.8 Å². The van der Waals surface area contributed by atoms with Gasteiger partial charge in [0.15, 0.2) is 15.8 Å². The van der Waals surface area contributed by atoms with Crippen molar-refractivity contribution < 1.29 is 13.5 Å². The second kappa shape index (κ2) is 9.56. The van der Waals surface area contributed by atoms with E-state index in [9.17, 15) is 13.5 Å². The van der Waals surface area contributed by atoms with Gasteiger partial charge in [0, 0.05) is 25.0 Å². The van der Waals surface area contributed by atoms with Gasteiger partial charge in [-0.05, 0) is 33.6 Å². The maximum Gasteiger partial charge on any atom is 0.194 e. The quantitative estimate of drug-likeness (QED) is 0.348. The first-order valence-corrected chi connectivity index (χ1v) is 10.2. The predicted molar refractivity (Wildman–Crippen MR) is 111 cm³/mol. The number of hydrogen-bond acceptors (Lipinski definition) is 4. The van der Waals surface area contributed by atoms with Crippen molar-refractivity contribution in [2.45, 2.75) is 52.2 Å². The number of hydrogen-bond donors (Lipinski definition) is 2. The van der Waals surface area contributed by atoms with Crippen LogP contribution in [0.2, 0.25) is 0 Å². The summed E-state index contributed by atoms with van der Waals surface area (Å²) in [5.74, 6) is 0.895. The van der Waals surface area contributed by atoms with Crippen molar-refractivity contribution in [2.24, 2.45) is 10.4 Å². The Hall–Kier alpha value is -0.0900. The lowest BCUT2D eigenvalue weighted by Crippen LogP contribution is -2.57. The van der Waals surface area contributed by atoms with Crippen LogP contribution in [-0.2, 0) is 9.84 Å². The number of nitrogens with zero attached hydrogens (tertiary/aromatic N) is 2. The number of halogens is 1. The lowest BCUT2D eigenvalue weighted by Gasteiger charge is -2.39. The maximum absolute atomic E-state index is 12.2. The summed E-state index contributed by atoms with van der Waals surface area (Å²) in [4.78, 5) is 6.74. The second-order valence-electron chi connectivity index (χ2n) is 7.04. The Morgan fingerprint density at radius 3 is 2.29 bits per heavy atom. The van der Waals surface area contributed by atoms with Gasteiger partial charge in [-0.2, -0.15) is 0 Å². The molecule has 2 N–H and O–H groups in total. The van der Waals surface area contributed by atoms with Gasteiger partial charge in [-0.1, -0.05) is 13.8 Å². The van der Waals surface area contributed by atoms with Crippen LogP contribution in [0, 0.1) is 5.41 Å².